The molecule has 0 aliphatic carbocycles. The van der Waals surface area contributed by atoms with E-state index in [1.54, 1.807) is 24.3 Å². The number of pyridine rings is 1. The van der Waals surface area contributed by atoms with Crippen LogP contribution in [0.5, 0.6) is 5.75 Å². The maximum Gasteiger partial charge on any atom is 0.356 e. The smallest absolute Gasteiger partial charge is 0.356 e. The number of hydrogen-bond acceptors (Lipinski definition) is 4. The number of carbonyl (C=O) groups excluding carboxylic acids is 1. The van der Waals surface area contributed by atoms with E-state index in [0.29, 0.717) is 15.8 Å². The van der Waals surface area contributed by atoms with Crippen LogP contribution in [0.15, 0.2) is 41.0 Å². The van der Waals surface area contributed by atoms with Crippen molar-refractivity contribution in [1.82, 2.24) is 4.98 Å². The fraction of sp³-hybridized carbons (Fsp3) is 0.0714. The van der Waals surface area contributed by atoms with Crippen LogP contribution >= 0.6 is 15.9 Å². The van der Waals surface area contributed by atoms with Gasteiger partial charge in [0, 0.05) is 11.8 Å². The topological polar surface area (TPSA) is 88.5 Å². The number of rotatable bonds is 4. The average molecular weight is 351 g/mol. The molecule has 0 radical (unpaired) electrons. The Labute approximate surface area is 128 Å². The number of methoxy groups -OCH3 is 1. The number of amides is 1. The minimum atomic E-state index is -1.21. The molecule has 108 valence electrons. The van der Waals surface area contributed by atoms with Gasteiger partial charge in [-0.1, -0.05) is 0 Å². The van der Waals surface area contributed by atoms with Crippen molar-refractivity contribution in [2.24, 2.45) is 0 Å². The number of aromatic nitrogens is 1. The first kappa shape index (κ1) is 15.0. The second-order valence-corrected chi connectivity index (χ2v) is 4.86. The van der Waals surface area contributed by atoms with Gasteiger partial charge in [0.25, 0.3) is 5.91 Å². The molecule has 0 saturated carbocycles. The van der Waals surface area contributed by atoms with Crippen molar-refractivity contribution in [3.8, 4) is 5.75 Å². The monoisotopic (exact) mass is 350 g/mol. The Balaban J connectivity index is 2.26. The second kappa shape index (κ2) is 6.36. The van der Waals surface area contributed by atoms with Crippen LogP contribution < -0.4 is 10.1 Å². The lowest BCUT2D eigenvalue weighted by molar-refractivity contribution is 0.0691. The van der Waals surface area contributed by atoms with Crippen LogP contribution in [0.3, 0.4) is 0 Å². The summed E-state index contributed by atoms with van der Waals surface area (Å²) in [6.45, 7) is 0. The Morgan fingerprint density at radius 2 is 2.10 bits per heavy atom. The Bertz CT molecular complexity index is 703. The van der Waals surface area contributed by atoms with Gasteiger partial charge in [0.2, 0.25) is 0 Å². The molecule has 1 amide bonds. The third-order valence-electron chi connectivity index (χ3n) is 2.67. The first-order chi connectivity index (χ1) is 10.0. The molecule has 1 aromatic carbocycles. The zero-order valence-corrected chi connectivity index (χ0v) is 12.5. The number of carboxylic acids is 1. The first-order valence-corrected chi connectivity index (χ1v) is 6.65. The van der Waals surface area contributed by atoms with Crippen molar-refractivity contribution in [3.05, 3.63) is 52.3 Å². The Hall–Kier alpha value is -2.41. The number of anilines is 1. The lowest BCUT2D eigenvalue weighted by Gasteiger charge is -2.09. The quantitative estimate of drug-likeness (QED) is 0.884. The van der Waals surface area contributed by atoms with Crippen molar-refractivity contribution in [2.75, 3.05) is 12.4 Å². The SMILES string of the molecule is COc1ccc(C(=O)Nc2cccnc2C(=O)O)cc1Br. The van der Waals surface area contributed by atoms with Gasteiger partial charge in [0.15, 0.2) is 5.69 Å². The molecule has 2 rings (SSSR count). The lowest BCUT2D eigenvalue weighted by atomic mass is 10.2. The number of carbonyl (C=O) groups is 2. The number of nitrogens with one attached hydrogen (secondary N) is 1. The zero-order chi connectivity index (χ0) is 15.4. The maximum absolute atomic E-state index is 12.1. The van der Waals surface area contributed by atoms with E-state index < -0.39 is 11.9 Å². The molecule has 0 fully saturated rings. The number of carboxylic acid groups (broad SMARTS) is 1. The van der Waals surface area contributed by atoms with Gasteiger partial charge < -0.3 is 15.2 Å². The molecule has 7 heteroatoms. The fourth-order valence-electron chi connectivity index (χ4n) is 1.68. The van der Waals surface area contributed by atoms with E-state index in [1.165, 1.54) is 19.4 Å². The Morgan fingerprint density at radius 1 is 1.33 bits per heavy atom. The average Bonchev–Trinajstić information content (AvgIpc) is 2.47. The van der Waals surface area contributed by atoms with Crippen LogP contribution in [0.25, 0.3) is 0 Å². The van der Waals surface area contributed by atoms with Crippen molar-refractivity contribution in [2.45, 2.75) is 0 Å². The largest absolute Gasteiger partial charge is 0.496 e. The van der Waals surface area contributed by atoms with Crippen molar-refractivity contribution < 1.29 is 19.4 Å². The van der Waals surface area contributed by atoms with Gasteiger partial charge in [0.05, 0.1) is 17.3 Å². The van der Waals surface area contributed by atoms with E-state index in [4.69, 9.17) is 9.84 Å². The summed E-state index contributed by atoms with van der Waals surface area (Å²) < 4.78 is 5.71. The number of nitrogens with zero attached hydrogens (tertiary/aromatic N) is 1. The van der Waals surface area contributed by atoms with E-state index in [-0.39, 0.29) is 11.4 Å². The fourth-order valence-corrected chi connectivity index (χ4v) is 2.22. The third-order valence-corrected chi connectivity index (χ3v) is 3.29. The zero-order valence-electron chi connectivity index (χ0n) is 11.0. The summed E-state index contributed by atoms with van der Waals surface area (Å²) in [7, 11) is 1.52. The first-order valence-electron chi connectivity index (χ1n) is 5.86. The van der Waals surface area contributed by atoms with Crippen LogP contribution in [0, 0.1) is 0 Å². The normalized spacial score (nSPS) is 10.0. The van der Waals surface area contributed by atoms with Gasteiger partial charge in [-0.2, -0.15) is 0 Å². The summed E-state index contributed by atoms with van der Waals surface area (Å²) in [6.07, 6.45) is 1.35. The molecule has 2 aromatic rings. The molecule has 21 heavy (non-hydrogen) atoms. The molecule has 0 spiro atoms. The molecule has 1 heterocycles. The van der Waals surface area contributed by atoms with Crippen molar-refractivity contribution in [1.29, 1.82) is 0 Å². The molecule has 0 atom stereocenters. The molecule has 0 aliphatic rings. The molecule has 0 bridgehead atoms. The van der Waals surface area contributed by atoms with Gasteiger partial charge in [-0.05, 0) is 46.3 Å². The van der Waals surface area contributed by atoms with E-state index in [9.17, 15) is 9.59 Å². The molecular weight excluding hydrogens is 340 g/mol. The number of aromatic carboxylic acids is 1. The lowest BCUT2D eigenvalue weighted by Crippen LogP contribution is -2.15. The number of hydrogen-bond donors (Lipinski definition) is 2. The van der Waals surface area contributed by atoms with E-state index in [1.807, 2.05) is 0 Å². The van der Waals surface area contributed by atoms with E-state index >= 15 is 0 Å². The molecule has 1 aromatic heterocycles. The Morgan fingerprint density at radius 3 is 2.71 bits per heavy atom. The Kier molecular flexibility index (Phi) is 4.54. The highest BCUT2D eigenvalue weighted by Crippen LogP contribution is 2.26. The molecular formula is C14H11BrN2O4. The van der Waals surface area contributed by atoms with Gasteiger partial charge in [-0.25, -0.2) is 9.78 Å². The predicted octanol–water partition coefficient (Wildman–Crippen LogP) is 2.80. The van der Waals surface area contributed by atoms with E-state index in [2.05, 4.69) is 26.2 Å². The van der Waals surface area contributed by atoms with Gasteiger partial charge in [-0.3, -0.25) is 4.79 Å². The van der Waals surface area contributed by atoms with Crippen LogP contribution in [0.4, 0.5) is 5.69 Å². The maximum atomic E-state index is 12.1. The number of benzene rings is 1. The molecule has 6 nitrogen and oxygen atoms in total. The second-order valence-electron chi connectivity index (χ2n) is 4.01. The number of halogens is 1. The summed E-state index contributed by atoms with van der Waals surface area (Å²) in [6, 6.07) is 7.83. The van der Waals surface area contributed by atoms with E-state index in [0.717, 1.165) is 0 Å². The molecule has 0 aliphatic heterocycles. The summed E-state index contributed by atoms with van der Waals surface area (Å²) >= 11 is 3.29. The summed E-state index contributed by atoms with van der Waals surface area (Å²) in [5.74, 6) is -1.05. The summed E-state index contributed by atoms with van der Waals surface area (Å²) in [4.78, 5) is 26.9. The van der Waals surface area contributed by atoms with Crippen LogP contribution in [0.1, 0.15) is 20.8 Å². The molecule has 2 N–H and O–H groups in total. The van der Waals surface area contributed by atoms with Gasteiger partial charge in [0.1, 0.15) is 5.75 Å². The van der Waals surface area contributed by atoms with Crippen molar-refractivity contribution in [3.63, 3.8) is 0 Å². The molecule has 0 saturated heterocycles. The van der Waals surface area contributed by atoms with Gasteiger partial charge in [-0.15, -0.1) is 0 Å². The molecule has 0 unspecified atom stereocenters. The van der Waals surface area contributed by atoms with Gasteiger partial charge >= 0.3 is 5.97 Å². The van der Waals surface area contributed by atoms with Crippen molar-refractivity contribution >= 4 is 33.5 Å². The summed E-state index contributed by atoms with van der Waals surface area (Å²) in [5, 5.41) is 11.6. The highest BCUT2D eigenvalue weighted by molar-refractivity contribution is 9.10. The minimum Gasteiger partial charge on any atom is -0.496 e. The standard InChI is InChI=1S/C14H11BrN2O4/c1-21-11-5-4-8(7-9(11)15)13(18)17-10-3-2-6-16-12(10)14(19)20/h2-7H,1H3,(H,17,18)(H,19,20). The van der Waals surface area contributed by atoms with Crippen LogP contribution in [0.2, 0.25) is 0 Å². The summed E-state index contributed by atoms with van der Waals surface area (Å²) in [5.41, 5.74) is 0.295. The minimum absolute atomic E-state index is 0.141. The third kappa shape index (κ3) is 3.38. The predicted molar refractivity (Wildman–Crippen MR) is 79.8 cm³/mol. The van der Waals surface area contributed by atoms with Crippen LogP contribution in [-0.4, -0.2) is 29.1 Å². The highest BCUT2D eigenvalue weighted by atomic mass is 79.9. The number of ether oxygens (including phenoxy) is 1. The highest BCUT2D eigenvalue weighted by Gasteiger charge is 2.15. The van der Waals surface area contributed by atoms with Crippen LogP contribution in [-0.2, 0) is 0 Å².